The van der Waals surface area contributed by atoms with E-state index in [0.29, 0.717) is 12.3 Å². The van der Waals surface area contributed by atoms with E-state index in [4.69, 9.17) is 4.74 Å². The summed E-state index contributed by atoms with van der Waals surface area (Å²) in [4.78, 5) is 0. The van der Waals surface area contributed by atoms with Crippen molar-refractivity contribution in [2.75, 3.05) is 7.11 Å². The summed E-state index contributed by atoms with van der Waals surface area (Å²) in [7, 11) is 1.59. The Kier molecular flexibility index (Phi) is 4.64. The van der Waals surface area contributed by atoms with Gasteiger partial charge in [-0.25, -0.2) is 0 Å². The van der Waals surface area contributed by atoms with Crippen LogP contribution in [0.4, 0.5) is 0 Å². The number of methoxy groups -OCH3 is 1. The van der Waals surface area contributed by atoms with Gasteiger partial charge < -0.3 is 15.2 Å². The summed E-state index contributed by atoms with van der Waals surface area (Å²) < 4.78 is 5.08. The largest absolute Gasteiger partial charge is 0.507 e. The molecule has 0 saturated carbocycles. The highest BCUT2D eigenvalue weighted by Crippen LogP contribution is 2.24. The first kappa shape index (κ1) is 14.4. The Bertz CT molecular complexity index is 581. The normalized spacial score (nSPS) is 12.2. The zero-order chi connectivity index (χ0) is 14.5. The van der Waals surface area contributed by atoms with Crippen LogP contribution in [0.5, 0.6) is 11.5 Å². The SMILES string of the molecule is COc1ccc(CN[C@H](C)c2ccccc2C)c(O)c1. The smallest absolute Gasteiger partial charge is 0.123 e. The van der Waals surface area contributed by atoms with Gasteiger partial charge in [-0.15, -0.1) is 0 Å². The summed E-state index contributed by atoms with van der Waals surface area (Å²) >= 11 is 0. The molecule has 0 fully saturated rings. The van der Waals surface area contributed by atoms with E-state index >= 15 is 0 Å². The molecular formula is C17H21NO2. The molecule has 2 aromatic rings. The highest BCUT2D eigenvalue weighted by Gasteiger charge is 2.09. The van der Waals surface area contributed by atoms with E-state index in [1.165, 1.54) is 11.1 Å². The number of phenolic OH excluding ortho intramolecular Hbond substituents is 1. The lowest BCUT2D eigenvalue weighted by Crippen LogP contribution is -2.18. The summed E-state index contributed by atoms with van der Waals surface area (Å²) in [5.41, 5.74) is 3.41. The van der Waals surface area contributed by atoms with Crippen LogP contribution in [-0.2, 0) is 6.54 Å². The van der Waals surface area contributed by atoms with E-state index in [1.54, 1.807) is 13.2 Å². The van der Waals surface area contributed by atoms with E-state index in [9.17, 15) is 5.11 Å². The van der Waals surface area contributed by atoms with Crippen molar-refractivity contribution in [2.24, 2.45) is 0 Å². The van der Waals surface area contributed by atoms with Crippen LogP contribution in [0.3, 0.4) is 0 Å². The molecule has 3 heteroatoms. The third kappa shape index (κ3) is 3.31. The maximum Gasteiger partial charge on any atom is 0.123 e. The van der Waals surface area contributed by atoms with Crippen molar-refractivity contribution < 1.29 is 9.84 Å². The van der Waals surface area contributed by atoms with Crippen molar-refractivity contribution in [1.29, 1.82) is 0 Å². The molecule has 0 saturated heterocycles. The van der Waals surface area contributed by atoms with Gasteiger partial charge in [-0.05, 0) is 31.0 Å². The van der Waals surface area contributed by atoms with Crippen molar-refractivity contribution in [2.45, 2.75) is 26.4 Å². The molecule has 20 heavy (non-hydrogen) atoms. The fourth-order valence-corrected chi connectivity index (χ4v) is 2.27. The fraction of sp³-hybridized carbons (Fsp3) is 0.294. The van der Waals surface area contributed by atoms with E-state index in [1.807, 2.05) is 24.3 Å². The second-order valence-corrected chi connectivity index (χ2v) is 4.95. The molecule has 2 N–H and O–H groups in total. The van der Waals surface area contributed by atoms with Gasteiger partial charge in [-0.1, -0.05) is 30.3 Å². The van der Waals surface area contributed by atoms with Crippen LogP contribution in [-0.4, -0.2) is 12.2 Å². The molecule has 0 aliphatic rings. The van der Waals surface area contributed by atoms with Crippen LogP contribution in [0.2, 0.25) is 0 Å². The molecule has 0 amide bonds. The van der Waals surface area contributed by atoms with E-state index < -0.39 is 0 Å². The van der Waals surface area contributed by atoms with Crippen LogP contribution in [0.15, 0.2) is 42.5 Å². The summed E-state index contributed by atoms with van der Waals surface area (Å²) in [5, 5.41) is 13.4. The minimum Gasteiger partial charge on any atom is -0.507 e. The highest BCUT2D eigenvalue weighted by molar-refractivity contribution is 5.39. The quantitative estimate of drug-likeness (QED) is 0.873. The van der Waals surface area contributed by atoms with Gasteiger partial charge in [0, 0.05) is 24.2 Å². The number of phenols is 1. The average Bonchev–Trinajstić information content (AvgIpc) is 2.46. The van der Waals surface area contributed by atoms with Gasteiger partial charge in [-0.2, -0.15) is 0 Å². The molecule has 2 aromatic carbocycles. The Morgan fingerprint density at radius 3 is 2.60 bits per heavy atom. The molecular weight excluding hydrogens is 250 g/mol. The first-order chi connectivity index (χ1) is 9.61. The van der Waals surface area contributed by atoms with Crippen LogP contribution in [0, 0.1) is 6.92 Å². The van der Waals surface area contributed by atoms with Gasteiger partial charge in [0.25, 0.3) is 0 Å². The molecule has 3 nitrogen and oxygen atoms in total. The maximum atomic E-state index is 9.94. The predicted octanol–water partition coefficient (Wildman–Crippen LogP) is 3.56. The first-order valence-corrected chi connectivity index (χ1v) is 6.76. The van der Waals surface area contributed by atoms with Gasteiger partial charge in [0.05, 0.1) is 7.11 Å². The highest BCUT2D eigenvalue weighted by atomic mass is 16.5. The summed E-state index contributed by atoms with van der Waals surface area (Å²) in [5.74, 6) is 0.923. The van der Waals surface area contributed by atoms with Crippen molar-refractivity contribution in [1.82, 2.24) is 5.32 Å². The average molecular weight is 271 g/mol. The topological polar surface area (TPSA) is 41.5 Å². The van der Waals surface area contributed by atoms with Gasteiger partial charge in [-0.3, -0.25) is 0 Å². The number of nitrogens with one attached hydrogen (secondary N) is 1. The third-order valence-electron chi connectivity index (χ3n) is 3.55. The molecule has 0 aliphatic heterocycles. The Hall–Kier alpha value is -2.00. The van der Waals surface area contributed by atoms with Crippen LogP contribution < -0.4 is 10.1 Å². The maximum absolute atomic E-state index is 9.94. The van der Waals surface area contributed by atoms with Crippen molar-refractivity contribution in [3.63, 3.8) is 0 Å². The van der Waals surface area contributed by atoms with Crippen molar-refractivity contribution in [3.05, 3.63) is 59.2 Å². The number of hydrogen-bond acceptors (Lipinski definition) is 3. The number of rotatable bonds is 5. The Labute approximate surface area is 120 Å². The predicted molar refractivity (Wildman–Crippen MR) is 81.1 cm³/mol. The zero-order valence-corrected chi connectivity index (χ0v) is 12.2. The Morgan fingerprint density at radius 1 is 1.20 bits per heavy atom. The zero-order valence-electron chi connectivity index (χ0n) is 12.2. The van der Waals surface area contributed by atoms with Crippen molar-refractivity contribution in [3.8, 4) is 11.5 Å². The van der Waals surface area contributed by atoms with Crippen LogP contribution >= 0.6 is 0 Å². The minimum atomic E-state index is 0.234. The second kappa shape index (κ2) is 6.44. The molecule has 0 aromatic heterocycles. The number of benzene rings is 2. The summed E-state index contributed by atoms with van der Waals surface area (Å²) in [6.45, 7) is 4.85. The summed E-state index contributed by atoms with van der Waals surface area (Å²) in [6, 6.07) is 13.9. The number of aromatic hydroxyl groups is 1. The first-order valence-electron chi connectivity index (χ1n) is 6.76. The molecule has 0 radical (unpaired) electrons. The molecule has 0 aliphatic carbocycles. The van der Waals surface area contributed by atoms with E-state index in [0.717, 1.165) is 5.56 Å². The monoisotopic (exact) mass is 271 g/mol. The second-order valence-electron chi connectivity index (χ2n) is 4.95. The van der Waals surface area contributed by atoms with E-state index in [-0.39, 0.29) is 11.8 Å². The number of ether oxygens (including phenoxy) is 1. The lowest BCUT2D eigenvalue weighted by atomic mass is 10.0. The standard InChI is InChI=1S/C17H21NO2/c1-12-6-4-5-7-16(12)13(2)18-11-14-8-9-15(20-3)10-17(14)19/h4-10,13,18-19H,11H2,1-3H3/t13-/m1/s1. The van der Waals surface area contributed by atoms with Crippen LogP contribution in [0.25, 0.3) is 0 Å². The molecule has 0 spiro atoms. The van der Waals surface area contributed by atoms with E-state index in [2.05, 4.69) is 31.3 Å². The van der Waals surface area contributed by atoms with Gasteiger partial charge in [0.2, 0.25) is 0 Å². The lowest BCUT2D eigenvalue weighted by Gasteiger charge is -2.17. The van der Waals surface area contributed by atoms with Gasteiger partial charge >= 0.3 is 0 Å². The van der Waals surface area contributed by atoms with Crippen LogP contribution in [0.1, 0.15) is 29.7 Å². The number of aryl methyl sites for hydroxylation is 1. The minimum absolute atomic E-state index is 0.234. The lowest BCUT2D eigenvalue weighted by molar-refractivity contribution is 0.405. The Morgan fingerprint density at radius 2 is 1.95 bits per heavy atom. The van der Waals surface area contributed by atoms with Crippen molar-refractivity contribution >= 4 is 0 Å². The fourth-order valence-electron chi connectivity index (χ4n) is 2.27. The Balaban J connectivity index is 2.04. The van der Waals surface area contributed by atoms with Gasteiger partial charge in [0.15, 0.2) is 0 Å². The molecule has 0 heterocycles. The third-order valence-corrected chi connectivity index (χ3v) is 3.55. The summed E-state index contributed by atoms with van der Waals surface area (Å²) in [6.07, 6.45) is 0. The molecule has 0 unspecified atom stereocenters. The molecule has 0 bridgehead atoms. The number of hydrogen-bond donors (Lipinski definition) is 2. The molecule has 2 rings (SSSR count). The van der Waals surface area contributed by atoms with Gasteiger partial charge in [0.1, 0.15) is 11.5 Å². The molecule has 106 valence electrons. The molecule has 1 atom stereocenters.